The third kappa shape index (κ3) is 4.19. The quantitative estimate of drug-likeness (QED) is 0.553. The number of hydrogen-bond acceptors (Lipinski definition) is 3. The number of nitrogens with one attached hydrogen (secondary N) is 1. The molecule has 4 heteroatoms. The summed E-state index contributed by atoms with van der Waals surface area (Å²) in [6.45, 7) is 10.8. The average molecular weight is 388 g/mol. The molecule has 0 bridgehead atoms. The lowest BCUT2D eigenvalue weighted by atomic mass is 9.80. The van der Waals surface area contributed by atoms with Crippen LogP contribution in [0.2, 0.25) is 0 Å². The lowest BCUT2D eigenvalue weighted by Gasteiger charge is -2.45. The fourth-order valence-electron chi connectivity index (χ4n) is 4.02. The predicted molar refractivity (Wildman–Crippen MR) is 120 cm³/mol. The van der Waals surface area contributed by atoms with Crippen LogP contribution in [0.15, 0.2) is 42.0 Å². The molecule has 1 amide bonds. The van der Waals surface area contributed by atoms with Gasteiger partial charge in [0.05, 0.1) is 0 Å². The van der Waals surface area contributed by atoms with Crippen LogP contribution in [-0.4, -0.2) is 18.5 Å². The topological polar surface area (TPSA) is 56.1 Å². The third-order valence-electron chi connectivity index (χ3n) is 6.10. The van der Waals surface area contributed by atoms with Crippen LogP contribution in [-0.2, 0) is 4.79 Å². The second kappa shape index (κ2) is 7.75. The Morgan fingerprint density at radius 2 is 1.93 bits per heavy atom. The van der Waals surface area contributed by atoms with E-state index in [0.717, 1.165) is 23.1 Å². The van der Waals surface area contributed by atoms with Gasteiger partial charge in [0, 0.05) is 24.0 Å². The van der Waals surface area contributed by atoms with Crippen molar-refractivity contribution < 1.29 is 4.79 Å². The number of fused-ring (bicyclic) bond motifs is 1. The smallest absolute Gasteiger partial charge is 0.266 e. The summed E-state index contributed by atoms with van der Waals surface area (Å²) in [6, 6.07) is 14.0. The summed E-state index contributed by atoms with van der Waals surface area (Å²) in [4.78, 5) is 14.9. The van der Waals surface area contributed by atoms with Gasteiger partial charge in [0.1, 0.15) is 11.6 Å². The molecule has 1 aliphatic heterocycles. The Morgan fingerprint density at radius 1 is 1.21 bits per heavy atom. The van der Waals surface area contributed by atoms with Crippen LogP contribution >= 0.6 is 0 Å². The first-order valence-electron chi connectivity index (χ1n) is 10.0. The zero-order chi connectivity index (χ0) is 21.3. The maximum Gasteiger partial charge on any atom is 0.266 e. The third-order valence-corrected chi connectivity index (χ3v) is 6.10. The monoisotopic (exact) mass is 387 g/mol. The molecule has 150 valence electrons. The van der Waals surface area contributed by atoms with Crippen LogP contribution in [0.25, 0.3) is 6.08 Å². The molecule has 1 atom stereocenters. The molecule has 0 spiro atoms. The second-order valence-corrected chi connectivity index (χ2v) is 8.72. The highest BCUT2D eigenvalue weighted by Crippen LogP contribution is 2.42. The van der Waals surface area contributed by atoms with Gasteiger partial charge in [-0.15, -0.1) is 0 Å². The molecule has 29 heavy (non-hydrogen) atoms. The first kappa shape index (κ1) is 20.7. The van der Waals surface area contributed by atoms with Crippen molar-refractivity contribution in [1.82, 2.24) is 0 Å². The molecule has 1 N–H and O–H groups in total. The molecule has 0 aromatic heterocycles. The van der Waals surface area contributed by atoms with Gasteiger partial charge >= 0.3 is 0 Å². The highest BCUT2D eigenvalue weighted by atomic mass is 16.1. The standard InChI is InChI=1S/C25H29N3O/c1-16-7-9-21(11-17(16)2)27-24(29)20(15-26)12-19-8-10-23-22(13-19)18(3)14-25(4,5)28(23)6/h7-13,18H,14H2,1-6H3,(H,27,29)/b20-12-/t18-/m1/s1. The van der Waals surface area contributed by atoms with Crippen molar-refractivity contribution in [3.63, 3.8) is 0 Å². The van der Waals surface area contributed by atoms with Crippen molar-refractivity contribution in [3.8, 4) is 6.07 Å². The van der Waals surface area contributed by atoms with Gasteiger partial charge in [-0.05, 0) is 92.6 Å². The summed E-state index contributed by atoms with van der Waals surface area (Å²) in [7, 11) is 2.12. The largest absolute Gasteiger partial charge is 0.369 e. The summed E-state index contributed by atoms with van der Waals surface area (Å²) in [6.07, 6.45) is 2.73. The van der Waals surface area contributed by atoms with Crippen LogP contribution in [0.3, 0.4) is 0 Å². The lowest BCUT2D eigenvalue weighted by Crippen LogP contribution is -2.45. The van der Waals surface area contributed by atoms with E-state index in [1.54, 1.807) is 6.08 Å². The molecule has 0 radical (unpaired) electrons. The molecule has 0 saturated heterocycles. The average Bonchev–Trinajstić information content (AvgIpc) is 2.67. The Balaban J connectivity index is 1.88. The van der Waals surface area contributed by atoms with Crippen molar-refractivity contribution in [2.45, 2.75) is 52.5 Å². The van der Waals surface area contributed by atoms with Gasteiger partial charge in [-0.1, -0.05) is 19.1 Å². The fraction of sp³-hybridized carbons (Fsp3) is 0.360. The van der Waals surface area contributed by atoms with Gasteiger partial charge in [-0.25, -0.2) is 0 Å². The number of nitriles is 1. The molecular weight excluding hydrogens is 358 g/mol. The van der Waals surface area contributed by atoms with Crippen LogP contribution in [0.5, 0.6) is 0 Å². The number of hydrogen-bond donors (Lipinski definition) is 1. The fourth-order valence-corrected chi connectivity index (χ4v) is 4.02. The number of anilines is 2. The van der Waals surface area contributed by atoms with E-state index in [4.69, 9.17) is 0 Å². The number of rotatable bonds is 3. The highest BCUT2D eigenvalue weighted by molar-refractivity contribution is 6.09. The summed E-state index contributed by atoms with van der Waals surface area (Å²) in [5, 5.41) is 12.4. The number of carbonyl (C=O) groups excluding carboxylic acids is 1. The van der Waals surface area contributed by atoms with Crippen LogP contribution in [0.4, 0.5) is 11.4 Å². The van der Waals surface area contributed by atoms with E-state index in [-0.39, 0.29) is 17.0 Å². The summed E-state index contributed by atoms with van der Waals surface area (Å²) < 4.78 is 0. The molecule has 2 aromatic carbocycles. The van der Waals surface area contributed by atoms with Crippen molar-refractivity contribution in [2.24, 2.45) is 0 Å². The predicted octanol–water partition coefficient (Wildman–Crippen LogP) is 5.57. The Labute approximate surface area is 173 Å². The molecule has 2 aromatic rings. The molecule has 3 rings (SSSR count). The second-order valence-electron chi connectivity index (χ2n) is 8.72. The number of nitrogens with zero attached hydrogens (tertiary/aromatic N) is 2. The minimum absolute atomic E-state index is 0.0975. The Bertz CT molecular complexity index is 1030. The van der Waals surface area contributed by atoms with E-state index < -0.39 is 0 Å². The van der Waals surface area contributed by atoms with E-state index in [1.807, 2.05) is 44.2 Å². The SMILES string of the molecule is Cc1ccc(NC(=O)/C(C#N)=C\c2ccc3c(c2)[C@H](C)CC(C)(C)N3C)cc1C. The first-order chi connectivity index (χ1) is 13.6. The summed E-state index contributed by atoms with van der Waals surface area (Å²) in [5.41, 5.74) is 6.50. The lowest BCUT2D eigenvalue weighted by molar-refractivity contribution is -0.112. The van der Waals surface area contributed by atoms with Crippen LogP contribution < -0.4 is 10.2 Å². The Kier molecular flexibility index (Phi) is 5.53. The van der Waals surface area contributed by atoms with Gasteiger partial charge < -0.3 is 10.2 Å². The van der Waals surface area contributed by atoms with Crippen molar-refractivity contribution >= 4 is 23.4 Å². The van der Waals surface area contributed by atoms with E-state index in [2.05, 4.69) is 50.2 Å². The summed E-state index contributed by atoms with van der Waals surface area (Å²) >= 11 is 0. The maximum absolute atomic E-state index is 12.6. The zero-order valence-electron chi connectivity index (χ0n) is 18.1. The summed E-state index contributed by atoms with van der Waals surface area (Å²) in [5.74, 6) is 0.0271. The number of amides is 1. The van der Waals surface area contributed by atoms with Gasteiger partial charge in [-0.2, -0.15) is 5.26 Å². The van der Waals surface area contributed by atoms with Crippen LogP contribution in [0.1, 0.15) is 55.4 Å². The normalized spacial score (nSPS) is 18.0. The Morgan fingerprint density at radius 3 is 2.59 bits per heavy atom. The molecule has 1 heterocycles. The molecule has 0 aliphatic carbocycles. The van der Waals surface area contributed by atoms with E-state index in [0.29, 0.717) is 11.6 Å². The van der Waals surface area contributed by atoms with Crippen LogP contribution in [0, 0.1) is 25.2 Å². The molecule has 1 aliphatic rings. The molecule has 0 fully saturated rings. The highest BCUT2D eigenvalue weighted by Gasteiger charge is 2.33. The number of carbonyl (C=O) groups is 1. The van der Waals surface area contributed by atoms with E-state index >= 15 is 0 Å². The van der Waals surface area contributed by atoms with Gasteiger partial charge in [0.2, 0.25) is 0 Å². The number of aryl methyl sites for hydroxylation is 2. The number of benzene rings is 2. The van der Waals surface area contributed by atoms with Gasteiger partial charge in [0.25, 0.3) is 5.91 Å². The van der Waals surface area contributed by atoms with Gasteiger partial charge in [-0.3, -0.25) is 4.79 Å². The van der Waals surface area contributed by atoms with Gasteiger partial charge in [0.15, 0.2) is 0 Å². The molecule has 4 nitrogen and oxygen atoms in total. The first-order valence-corrected chi connectivity index (χ1v) is 10.0. The minimum atomic E-state index is -0.389. The minimum Gasteiger partial charge on any atom is -0.369 e. The maximum atomic E-state index is 12.6. The van der Waals surface area contributed by atoms with Crippen molar-refractivity contribution in [2.75, 3.05) is 17.3 Å². The molecule has 0 saturated carbocycles. The van der Waals surface area contributed by atoms with Crippen molar-refractivity contribution in [3.05, 3.63) is 64.2 Å². The zero-order valence-corrected chi connectivity index (χ0v) is 18.1. The molecule has 0 unspecified atom stereocenters. The van der Waals surface area contributed by atoms with E-state index in [9.17, 15) is 10.1 Å². The van der Waals surface area contributed by atoms with Crippen molar-refractivity contribution in [1.29, 1.82) is 5.26 Å². The Hall–Kier alpha value is -3.06. The molecular formula is C25H29N3O. The van der Waals surface area contributed by atoms with E-state index in [1.165, 1.54) is 11.3 Å².